The van der Waals surface area contributed by atoms with Gasteiger partial charge in [-0.15, -0.1) is 0 Å². The third-order valence-electron chi connectivity index (χ3n) is 4.16. The summed E-state index contributed by atoms with van der Waals surface area (Å²) in [5.74, 6) is 2.08. The lowest BCUT2D eigenvalue weighted by atomic mass is 9.73. The zero-order valence-electron chi connectivity index (χ0n) is 12.2. The van der Waals surface area contributed by atoms with Crippen LogP contribution in [0, 0.1) is 23.6 Å². The lowest BCUT2D eigenvalue weighted by Crippen LogP contribution is -2.34. The van der Waals surface area contributed by atoms with Crippen molar-refractivity contribution in [3.8, 4) is 0 Å². The van der Waals surface area contributed by atoms with Crippen molar-refractivity contribution in [3.63, 3.8) is 0 Å². The maximum absolute atomic E-state index is 13.3. The highest BCUT2D eigenvalue weighted by atomic mass is 19.1. The van der Waals surface area contributed by atoms with Gasteiger partial charge in [0.15, 0.2) is 0 Å². The molecule has 1 aromatic rings. The van der Waals surface area contributed by atoms with Gasteiger partial charge in [-0.2, -0.15) is 0 Å². The monoisotopic (exact) mass is 263 g/mol. The molecule has 0 heterocycles. The summed E-state index contributed by atoms with van der Waals surface area (Å²) in [6.07, 6.45) is 5.08. The van der Waals surface area contributed by atoms with Crippen LogP contribution >= 0.6 is 0 Å². The van der Waals surface area contributed by atoms with Gasteiger partial charge in [-0.05, 0) is 55.0 Å². The minimum atomic E-state index is -0.111. The van der Waals surface area contributed by atoms with Crippen molar-refractivity contribution in [2.75, 3.05) is 13.1 Å². The Balaban J connectivity index is 1.89. The van der Waals surface area contributed by atoms with E-state index in [1.807, 2.05) is 6.07 Å². The summed E-state index contributed by atoms with van der Waals surface area (Å²) in [7, 11) is 0. The summed E-state index contributed by atoms with van der Waals surface area (Å²) in [5, 5.41) is 3.58. The predicted molar refractivity (Wildman–Crippen MR) is 78.6 cm³/mol. The lowest BCUT2D eigenvalue weighted by Gasteiger charge is -2.34. The van der Waals surface area contributed by atoms with Gasteiger partial charge >= 0.3 is 0 Å². The minimum Gasteiger partial charge on any atom is -0.316 e. The maximum Gasteiger partial charge on any atom is 0.123 e. The van der Waals surface area contributed by atoms with Gasteiger partial charge in [0, 0.05) is 0 Å². The number of nitrogens with one attached hydrogen (secondary N) is 1. The van der Waals surface area contributed by atoms with Crippen LogP contribution in [0.1, 0.15) is 38.7 Å². The lowest BCUT2D eigenvalue weighted by molar-refractivity contribution is 0.198. The highest BCUT2D eigenvalue weighted by Crippen LogP contribution is 2.35. The zero-order chi connectivity index (χ0) is 13.7. The standard InChI is InChI=1S/C17H26FN/c1-13(2)11-19-12-16(15-6-4-7-15)9-14-5-3-8-17(18)10-14/h3,5,8,10,13,15-16,19H,4,6-7,9,11-12H2,1-2H3. The fraction of sp³-hybridized carbons (Fsp3) is 0.647. The molecule has 0 aliphatic heterocycles. The highest BCUT2D eigenvalue weighted by molar-refractivity contribution is 5.17. The molecular formula is C17H26FN. The number of hydrogen-bond donors (Lipinski definition) is 1. The SMILES string of the molecule is CC(C)CNCC(Cc1cccc(F)c1)C1CCC1. The first kappa shape index (κ1) is 14.5. The van der Waals surface area contributed by atoms with Gasteiger partial charge in [0.05, 0.1) is 0 Å². The summed E-state index contributed by atoms with van der Waals surface area (Å²) in [5.41, 5.74) is 1.14. The Kier molecular flexibility index (Phi) is 5.38. The Bertz CT molecular complexity index is 385. The topological polar surface area (TPSA) is 12.0 Å². The summed E-state index contributed by atoms with van der Waals surface area (Å²) >= 11 is 0. The molecule has 1 saturated carbocycles. The van der Waals surface area contributed by atoms with E-state index < -0.39 is 0 Å². The molecule has 0 radical (unpaired) electrons. The Morgan fingerprint density at radius 2 is 2.05 bits per heavy atom. The van der Waals surface area contributed by atoms with Crippen molar-refractivity contribution in [1.82, 2.24) is 5.32 Å². The van der Waals surface area contributed by atoms with Gasteiger partial charge in [-0.1, -0.05) is 45.2 Å². The number of benzene rings is 1. The minimum absolute atomic E-state index is 0.111. The third-order valence-corrected chi connectivity index (χ3v) is 4.16. The molecule has 1 aromatic carbocycles. The van der Waals surface area contributed by atoms with E-state index in [4.69, 9.17) is 0 Å². The van der Waals surface area contributed by atoms with Crippen molar-refractivity contribution >= 4 is 0 Å². The van der Waals surface area contributed by atoms with E-state index in [1.165, 1.54) is 25.3 Å². The largest absolute Gasteiger partial charge is 0.316 e. The molecule has 0 amide bonds. The maximum atomic E-state index is 13.3. The molecule has 1 nitrogen and oxygen atoms in total. The summed E-state index contributed by atoms with van der Waals surface area (Å²) < 4.78 is 13.3. The Hall–Kier alpha value is -0.890. The van der Waals surface area contributed by atoms with E-state index >= 15 is 0 Å². The Labute approximate surface area is 116 Å². The van der Waals surface area contributed by atoms with Gasteiger partial charge in [-0.3, -0.25) is 0 Å². The smallest absolute Gasteiger partial charge is 0.123 e. The average Bonchev–Trinajstić information content (AvgIpc) is 2.25. The first-order chi connectivity index (χ1) is 9.15. The molecule has 1 atom stereocenters. The molecule has 1 N–H and O–H groups in total. The second-order valence-electron chi connectivity index (χ2n) is 6.34. The second-order valence-corrected chi connectivity index (χ2v) is 6.34. The van der Waals surface area contributed by atoms with Crippen LogP contribution in [0.2, 0.25) is 0 Å². The van der Waals surface area contributed by atoms with Crippen LogP contribution in [-0.4, -0.2) is 13.1 Å². The van der Waals surface area contributed by atoms with Gasteiger partial charge < -0.3 is 5.32 Å². The quantitative estimate of drug-likeness (QED) is 0.783. The van der Waals surface area contributed by atoms with Crippen LogP contribution in [0.3, 0.4) is 0 Å². The molecule has 1 fully saturated rings. The van der Waals surface area contributed by atoms with Gasteiger partial charge in [-0.25, -0.2) is 4.39 Å². The normalized spacial score (nSPS) is 17.5. The molecule has 106 valence electrons. The Morgan fingerprint density at radius 1 is 1.26 bits per heavy atom. The van der Waals surface area contributed by atoms with Crippen molar-refractivity contribution in [1.29, 1.82) is 0 Å². The van der Waals surface area contributed by atoms with E-state index in [9.17, 15) is 4.39 Å². The summed E-state index contributed by atoms with van der Waals surface area (Å²) in [6, 6.07) is 7.09. The molecule has 1 aliphatic carbocycles. The molecule has 0 spiro atoms. The van der Waals surface area contributed by atoms with Crippen LogP contribution < -0.4 is 5.32 Å². The molecule has 0 aromatic heterocycles. The van der Waals surface area contributed by atoms with E-state index in [0.29, 0.717) is 11.8 Å². The van der Waals surface area contributed by atoms with E-state index in [0.717, 1.165) is 31.0 Å². The van der Waals surface area contributed by atoms with Gasteiger partial charge in [0.2, 0.25) is 0 Å². The van der Waals surface area contributed by atoms with Crippen LogP contribution in [0.15, 0.2) is 24.3 Å². The van der Waals surface area contributed by atoms with E-state index in [-0.39, 0.29) is 5.82 Å². The fourth-order valence-corrected chi connectivity index (χ4v) is 2.84. The molecule has 19 heavy (non-hydrogen) atoms. The molecule has 0 bridgehead atoms. The van der Waals surface area contributed by atoms with Crippen LogP contribution in [-0.2, 0) is 6.42 Å². The Morgan fingerprint density at radius 3 is 2.63 bits per heavy atom. The summed E-state index contributed by atoms with van der Waals surface area (Å²) in [4.78, 5) is 0. The molecule has 2 heteroatoms. The van der Waals surface area contributed by atoms with Gasteiger partial charge in [0.25, 0.3) is 0 Å². The predicted octanol–water partition coefficient (Wildman–Crippen LogP) is 4.03. The molecule has 0 saturated heterocycles. The van der Waals surface area contributed by atoms with Gasteiger partial charge in [0.1, 0.15) is 5.82 Å². The highest BCUT2D eigenvalue weighted by Gasteiger charge is 2.27. The van der Waals surface area contributed by atoms with Crippen LogP contribution in [0.4, 0.5) is 4.39 Å². The average molecular weight is 263 g/mol. The van der Waals surface area contributed by atoms with Crippen molar-refractivity contribution in [2.45, 2.75) is 39.5 Å². The first-order valence-electron chi connectivity index (χ1n) is 7.60. The van der Waals surface area contributed by atoms with E-state index in [1.54, 1.807) is 6.07 Å². The van der Waals surface area contributed by atoms with Crippen molar-refractivity contribution < 1.29 is 4.39 Å². The third kappa shape index (κ3) is 4.61. The molecule has 2 rings (SSSR count). The van der Waals surface area contributed by atoms with E-state index in [2.05, 4.69) is 25.2 Å². The van der Waals surface area contributed by atoms with Crippen molar-refractivity contribution in [3.05, 3.63) is 35.6 Å². The number of halogens is 1. The first-order valence-corrected chi connectivity index (χ1v) is 7.60. The number of hydrogen-bond acceptors (Lipinski definition) is 1. The fourth-order valence-electron chi connectivity index (χ4n) is 2.84. The molecule has 1 unspecified atom stereocenters. The van der Waals surface area contributed by atoms with Crippen LogP contribution in [0.25, 0.3) is 0 Å². The molecule has 1 aliphatic rings. The zero-order valence-corrected chi connectivity index (χ0v) is 12.2. The van der Waals surface area contributed by atoms with Crippen molar-refractivity contribution in [2.24, 2.45) is 17.8 Å². The second kappa shape index (κ2) is 7.04. The van der Waals surface area contributed by atoms with Crippen LogP contribution in [0.5, 0.6) is 0 Å². The summed E-state index contributed by atoms with van der Waals surface area (Å²) in [6.45, 7) is 6.61. The number of rotatable bonds is 7. The molecular weight excluding hydrogens is 237 g/mol.